The zero-order valence-electron chi connectivity index (χ0n) is 12.6. The number of hydrogen-bond acceptors (Lipinski definition) is 4. The van der Waals surface area contributed by atoms with Crippen molar-refractivity contribution in [2.24, 2.45) is 0 Å². The Labute approximate surface area is 129 Å². The Bertz CT molecular complexity index is 564. The average Bonchev–Trinajstić information content (AvgIpc) is 2.44. The van der Waals surface area contributed by atoms with Gasteiger partial charge in [0.15, 0.2) is 0 Å². The lowest BCUT2D eigenvalue weighted by Gasteiger charge is -2.00. The highest BCUT2D eigenvalue weighted by Crippen LogP contribution is 2.10. The maximum Gasteiger partial charge on any atom is 0.221 e. The molecule has 6 N–H and O–H groups in total. The number of hydrogen-bond donors (Lipinski definition) is 4. The summed E-state index contributed by atoms with van der Waals surface area (Å²) in [7, 11) is 0. The van der Waals surface area contributed by atoms with Gasteiger partial charge in [-0.05, 0) is 48.5 Å². The highest BCUT2D eigenvalue weighted by Gasteiger charge is 1.93. The minimum absolute atomic E-state index is 0.0743. The molecule has 0 saturated heterocycles. The van der Waals surface area contributed by atoms with Gasteiger partial charge in [-0.15, -0.1) is 0 Å². The molecule has 2 rings (SSSR count). The number of rotatable bonds is 2. The van der Waals surface area contributed by atoms with Crippen molar-refractivity contribution in [3.05, 3.63) is 48.5 Å². The van der Waals surface area contributed by atoms with Crippen LogP contribution in [0.1, 0.15) is 13.8 Å². The van der Waals surface area contributed by atoms with Crippen LogP contribution in [0.25, 0.3) is 0 Å². The molecular weight excluding hydrogens is 280 g/mol. The molecule has 0 atom stereocenters. The molecule has 0 bridgehead atoms. The van der Waals surface area contributed by atoms with E-state index in [1.165, 1.54) is 13.8 Å². The van der Waals surface area contributed by atoms with Gasteiger partial charge in [0, 0.05) is 36.6 Å². The second-order valence-corrected chi connectivity index (χ2v) is 4.61. The molecule has 2 aromatic rings. The van der Waals surface area contributed by atoms with Crippen LogP contribution in [-0.4, -0.2) is 11.8 Å². The fourth-order valence-corrected chi connectivity index (χ4v) is 1.54. The summed E-state index contributed by atoms with van der Waals surface area (Å²) in [6.45, 7) is 2.94. The van der Waals surface area contributed by atoms with Gasteiger partial charge in [-0.1, -0.05) is 0 Å². The quantitative estimate of drug-likeness (QED) is 0.638. The molecule has 0 radical (unpaired) electrons. The summed E-state index contributed by atoms with van der Waals surface area (Å²) in [6.07, 6.45) is 0. The van der Waals surface area contributed by atoms with Crippen LogP contribution in [0.3, 0.4) is 0 Å². The standard InChI is InChI=1S/2C8H10N2O/c2*1-6(11)10-8-4-2-7(9)3-5-8/h2*2-5H,9H2,1H3,(H,10,11). The van der Waals surface area contributed by atoms with E-state index < -0.39 is 0 Å². The van der Waals surface area contributed by atoms with Crippen LogP contribution in [0, 0.1) is 0 Å². The van der Waals surface area contributed by atoms with E-state index in [4.69, 9.17) is 11.5 Å². The van der Waals surface area contributed by atoms with Gasteiger partial charge in [0.1, 0.15) is 0 Å². The van der Waals surface area contributed by atoms with Crippen LogP contribution >= 0.6 is 0 Å². The SMILES string of the molecule is CC(=O)Nc1ccc(N)cc1.CC(=O)Nc1ccc(N)cc1. The van der Waals surface area contributed by atoms with E-state index in [9.17, 15) is 9.59 Å². The number of anilines is 4. The molecular formula is C16H20N4O2. The Morgan fingerprint density at radius 3 is 1.18 bits per heavy atom. The third kappa shape index (κ3) is 6.95. The fraction of sp³-hybridized carbons (Fsp3) is 0.125. The van der Waals surface area contributed by atoms with Crippen molar-refractivity contribution in [1.29, 1.82) is 0 Å². The van der Waals surface area contributed by atoms with E-state index in [0.29, 0.717) is 11.4 Å². The van der Waals surface area contributed by atoms with Gasteiger partial charge in [-0.25, -0.2) is 0 Å². The Hall–Kier alpha value is -3.02. The number of amides is 2. The number of nitrogen functional groups attached to an aromatic ring is 2. The number of nitrogens with one attached hydrogen (secondary N) is 2. The molecule has 0 aliphatic heterocycles. The van der Waals surface area contributed by atoms with E-state index in [1.807, 2.05) is 0 Å². The zero-order chi connectivity index (χ0) is 16.5. The predicted octanol–water partition coefficient (Wildman–Crippen LogP) is 2.45. The van der Waals surface area contributed by atoms with Crippen molar-refractivity contribution in [2.75, 3.05) is 22.1 Å². The molecule has 0 fully saturated rings. The molecule has 0 spiro atoms. The van der Waals surface area contributed by atoms with Gasteiger partial charge < -0.3 is 22.1 Å². The first-order valence-electron chi connectivity index (χ1n) is 6.63. The largest absolute Gasteiger partial charge is 0.399 e. The van der Waals surface area contributed by atoms with Crippen molar-refractivity contribution in [3.63, 3.8) is 0 Å². The summed E-state index contributed by atoms with van der Waals surface area (Å²) < 4.78 is 0. The van der Waals surface area contributed by atoms with Gasteiger partial charge in [0.2, 0.25) is 11.8 Å². The van der Waals surface area contributed by atoms with E-state index in [-0.39, 0.29) is 11.8 Å². The Morgan fingerprint density at radius 1 is 0.682 bits per heavy atom. The molecule has 6 heteroatoms. The van der Waals surface area contributed by atoms with Crippen molar-refractivity contribution in [3.8, 4) is 0 Å². The molecule has 6 nitrogen and oxygen atoms in total. The summed E-state index contributed by atoms with van der Waals surface area (Å²) in [5, 5.41) is 5.28. The normalized spacial score (nSPS) is 9.18. The van der Waals surface area contributed by atoms with E-state index in [1.54, 1.807) is 48.5 Å². The minimum atomic E-state index is -0.0743. The summed E-state index contributed by atoms with van der Waals surface area (Å²) >= 11 is 0. The molecule has 0 saturated carbocycles. The Balaban J connectivity index is 0.000000220. The van der Waals surface area contributed by atoms with Gasteiger partial charge in [0.25, 0.3) is 0 Å². The first-order valence-corrected chi connectivity index (χ1v) is 6.63. The summed E-state index contributed by atoms with van der Waals surface area (Å²) in [6, 6.07) is 14.0. The van der Waals surface area contributed by atoms with Crippen LogP contribution in [0.15, 0.2) is 48.5 Å². The van der Waals surface area contributed by atoms with Gasteiger partial charge in [0.05, 0.1) is 0 Å². The topological polar surface area (TPSA) is 110 Å². The Kier molecular flexibility index (Phi) is 6.43. The lowest BCUT2D eigenvalue weighted by atomic mass is 10.3. The van der Waals surface area contributed by atoms with Crippen molar-refractivity contribution in [1.82, 2.24) is 0 Å². The number of benzene rings is 2. The summed E-state index contributed by atoms with van der Waals surface area (Å²) in [4.78, 5) is 21.1. The molecule has 2 amide bonds. The molecule has 0 aliphatic carbocycles. The van der Waals surface area contributed by atoms with Gasteiger partial charge in [-0.2, -0.15) is 0 Å². The second-order valence-electron chi connectivity index (χ2n) is 4.61. The second kappa shape index (κ2) is 8.31. The third-order valence-corrected chi connectivity index (χ3v) is 2.46. The van der Waals surface area contributed by atoms with Crippen molar-refractivity contribution in [2.45, 2.75) is 13.8 Å². The zero-order valence-corrected chi connectivity index (χ0v) is 12.6. The molecule has 2 aromatic carbocycles. The van der Waals surface area contributed by atoms with E-state index >= 15 is 0 Å². The van der Waals surface area contributed by atoms with E-state index in [0.717, 1.165) is 11.4 Å². The predicted molar refractivity (Wildman–Crippen MR) is 90.3 cm³/mol. The van der Waals surface area contributed by atoms with Crippen LogP contribution in [0.5, 0.6) is 0 Å². The van der Waals surface area contributed by atoms with Crippen LogP contribution < -0.4 is 22.1 Å². The summed E-state index contributed by atoms with van der Waals surface area (Å²) in [5.41, 5.74) is 13.8. The van der Waals surface area contributed by atoms with Crippen LogP contribution in [0.4, 0.5) is 22.7 Å². The fourth-order valence-electron chi connectivity index (χ4n) is 1.54. The van der Waals surface area contributed by atoms with Crippen LogP contribution in [0.2, 0.25) is 0 Å². The number of carbonyl (C=O) groups excluding carboxylic acids is 2. The van der Waals surface area contributed by atoms with Gasteiger partial charge in [-0.3, -0.25) is 9.59 Å². The first kappa shape index (κ1) is 17.0. The third-order valence-electron chi connectivity index (χ3n) is 2.46. The molecule has 116 valence electrons. The van der Waals surface area contributed by atoms with Gasteiger partial charge >= 0.3 is 0 Å². The van der Waals surface area contributed by atoms with Crippen molar-refractivity contribution >= 4 is 34.6 Å². The molecule has 0 aliphatic rings. The highest BCUT2D eigenvalue weighted by atomic mass is 16.2. The average molecular weight is 300 g/mol. The lowest BCUT2D eigenvalue weighted by Crippen LogP contribution is -2.05. The molecule has 0 aromatic heterocycles. The molecule has 0 unspecified atom stereocenters. The smallest absolute Gasteiger partial charge is 0.221 e. The minimum Gasteiger partial charge on any atom is -0.399 e. The lowest BCUT2D eigenvalue weighted by molar-refractivity contribution is -0.115. The monoisotopic (exact) mass is 300 g/mol. The van der Waals surface area contributed by atoms with Crippen LogP contribution in [-0.2, 0) is 9.59 Å². The first-order chi connectivity index (χ1) is 10.4. The summed E-state index contributed by atoms with van der Waals surface area (Å²) in [5.74, 6) is -0.149. The molecule has 0 heterocycles. The highest BCUT2D eigenvalue weighted by molar-refractivity contribution is 5.89. The Morgan fingerprint density at radius 2 is 0.955 bits per heavy atom. The maximum absolute atomic E-state index is 10.6. The van der Waals surface area contributed by atoms with E-state index in [2.05, 4.69) is 10.6 Å². The number of carbonyl (C=O) groups is 2. The number of nitrogens with two attached hydrogens (primary N) is 2. The van der Waals surface area contributed by atoms with Crippen molar-refractivity contribution < 1.29 is 9.59 Å². The molecule has 22 heavy (non-hydrogen) atoms. The maximum atomic E-state index is 10.6.